The van der Waals surface area contributed by atoms with Crippen molar-refractivity contribution in [3.63, 3.8) is 0 Å². The van der Waals surface area contributed by atoms with Crippen molar-refractivity contribution in [1.82, 2.24) is 5.32 Å². The van der Waals surface area contributed by atoms with Gasteiger partial charge in [0, 0.05) is 10.9 Å². The topological polar surface area (TPSA) is 56.8 Å². The Hall–Kier alpha value is -1.43. The van der Waals surface area contributed by atoms with E-state index in [1.54, 1.807) is 12.1 Å². The van der Waals surface area contributed by atoms with Gasteiger partial charge in [-0.25, -0.2) is 0 Å². The molecular formula is C15H20BrNO4. The molecule has 116 valence electrons. The fourth-order valence-electron chi connectivity index (χ4n) is 2.42. The van der Waals surface area contributed by atoms with Crippen molar-refractivity contribution in [3.8, 4) is 17.2 Å². The van der Waals surface area contributed by atoms with E-state index < -0.39 is 0 Å². The lowest BCUT2D eigenvalue weighted by Crippen LogP contribution is -2.54. The first kappa shape index (κ1) is 15.9. The lowest BCUT2D eigenvalue weighted by atomic mass is 9.78. The monoisotopic (exact) mass is 357 g/mol. The van der Waals surface area contributed by atoms with Crippen LogP contribution in [0.15, 0.2) is 12.1 Å². The fraction of sp³-hybridized carbons (Fsp3) is 0.533. The van der Waals surface area contributed by atoms with E-state index in [2.05, 4.69) is 21.2 Å². The Bertz CT molecular complexity index is 498. The molecule has 21 heavy (non-hydrogen) atoms. The van der Waals surface area contributed by atoms with Gasteiger partial charge in [-0.2, -0.15) is 0 Å². The maximum atomic E-state index is 12.5. The maximum absolute atomic E-state index is 12.5. The molecule has 0 atom stereocenters. The van der Waals surface area contributed by atoms with Crippen molar-refractivity contribution in [1.29, 1.82) is 0 Å². The summed E-state index contributed by atoms with van der Waals surface area (Å²) in [6.07, 6.45) is 3.13. The minimum Gasteiger partial charge on any atom is -0.493 e. The lowest BCUT2D eigenvalue weighted by Gasteiger charge is -2.41. The minimum atomic E-state index is -0.131. The van der Waals surface area contributed by atoms with E-state index in [1.807, 2.05) is 0 Å². The molecule has 1 aromatic rings. The number of benzene rings is 1. The maximum Gasteiger partial charge on any atom is 0.252 e. The van der Waals surface area contributed by atoms with E-state index in [1.165, 1.54) is 21.3 Å². The average Bonchev–Trinajstić information content (AvgIpc) is 2.48. The molecule has 1 saturated carbocycles. The van der Waals surface area contributed by atoms with Crippen LogP contribution in [0.25, 0.3) is 0 Å². The SMILES string of the molecule is COc1cc(C(=O)NC2(CBr)CCC2)cc(OC)c1OC. The van der Waals surface area contributed by atoms with E-state index >= 15 is 0 Å². The molecule has 0 radical (unpaired) electrons. The highest BCUT2D eigenvalue weighted by Crippen LogP contribution is 2.39. The van der Waals surface area contributed by atoms with Crippen molar-refractivity contribution in [2.45, 2.75) is 24.8 Å². The molecule has 1 amide bonds. The summed E-state index contributed by atoms with van der Waals surface area (Å²) in [6, 6.07) is 3.33. The summed E-state index contributed by atoms with van der Waals surface area (Å²) in [4.78, 5) is 12.5. The van der Waals surface area contributed by atoms with E-state index in [-0.39, 0.29) is 11.4 Å². The van der Waals surface area contributed by atoms with Crippen molar-refractivity contribution in [2.24, 2.45) is 0 Å². The first-order chi connectivity index (χ1) is 10.1. The molecule has 0 spiro atoms. The summed E-state index contributed by atoms with van der Waals surface area (Å²) in [5.74, 6) is 1.30. The molecule has 0 heterocycles. The zero-order valence-corrected chi connectivity index (χ0v) is 14.1. The highest BCUT2D eigenvalue weighted by atomic mass is 79.9. The molecule has 0 unspecified atom stereocenters. The number of methoxy groups -OCH3 is 3. The standard InChI is InChI=1S/C15H20BrNO4/c1-19-11-7-10(8-12(20-2)13(11)21-3)14(18)17-15(9-16)5-4-6-15/h7-8H,4-6,9H2,1-3H3,(H,17,18). The van der Waals surface area contributed by atoms with Gasteiger partial charge >= 0.3 is 0 Å². The van der Waals surface area contributed by atoms with Gasteiger partial charge in [0.15, 0.2) is 11.5 Å². The van der Waals surface area contributed by atoms with Crippen LogP contribution in [-0.2, 0) is 0 Å². The van der Waals surface area contributed by atoms with Crippen LogP contribution in [0.2, 0.25) is 0 Å². The zero-order valence-electron chi connectivity index (χ0n) is 12.5. The van der Waals surface area contributed by atoms with Crippen LogP contribution in [-0.4, -0.2) is 38.1 Å². The molecule has 1 aromatic carbocycles. The van der Waals surface area contributed by atoms with Crippen molar-refractivity contribution in [2.75, 3.05) is 26.7 Å². The van der Waals surface area contributed by atoms with Crippen LogP contribution in [0.5, 0.6) is 17.2 Å². The number of hydrogen-bond acceptors (Lipinski definition) is 4. The van der Waals surface area contributed by atoms with Crippen LogP contribution in [0.3, 0.4) is 0 Å². The van der Waals surface area contributed by atoms with Gasteiger partial charge in [-0.3, -0.25) is 4.79 Å². The molecule has 0 saturated heterocycles. The van der Waals surface area contributed by atoms with Crippen LogP contribution in [0.1, 0.15) is 29.6 Å². The molecule has 1 N–H and O–H groups in total. The molecule has 1 fully saturated rings. The van der Waals surface area contributed by atoms with Gasteiger partial charge in [0.1, 0.15) is 0 Å². The van der Waals surface area contributed by atoms with Crippen LogP contribution < -0.4 is 19.5 Å². The number of nitrogens with one attached hydrogen (secondary N) is 1. The average molecular weight is 358 g/mol. The van der Waals surface area contributed by atoms with Gasteiger partial charge < -0.3 is 19.5 Å². The van der Waals surface area contributed by atoms with Gasteiger partial charge in [-0.05, 0) is 31.4 Å². The van der Waals surface area contributed by atoms with Gasteiger partial charge in [0.2, 0.25) is 5.75 Å². The number of carbonyl (C=O) groups excluding carboxylic acids is 1. The van der Waals surface area contributed by atoms with E-state index in [0.717, 1.165) is 24.6 Å². The Balaban J connectivity index is 2.28. The Morgan fingerprint density at radius 3 is 2.10 bits per heavy atom. The normalized spacial score (nSPS) is 15.8. The van der Waals surface area contributed by atoms with Gasteiger partial charge in [0.05, 0.1) is 26.9 Å². The zero-order chi connectivity index (χ0) is 15.5. The van der Waals surface area contributed by atoms with Crippen LogP contribution >= 0.6 is 15.9 Å². The Morgan fingerprint density at radius 1 is 1.19 bits per heavy atom. The third-order valence-electron chi connectivity index (χ3n) is 3.87. The molecule has 6 heteroatoms. The second kappa shape index (κ2) is 6.56. The molecule has 1 aliphatic carbocycles. The number of hydrogen-bond donors (Lipinski definition) is 1. The first-order valence-electron chi connectivity index (χ1n) is 6.77. The number of rotatable bonds is 6. The summed E-state index contributed by atoms with van der Waals surface area (Å²) in [6.45, 7) is 0. The van der Waals surface area contributed by atoms with Gasteiger partial charge in [-0.1, -0.05) is 15.9 Å². The molecule has 5 nitrogen and oxygen atoms in total. The predicted octanol–water partition coefficient (Wildman–Crippen LogP) is 2.76. The van der Waals surface area contributed by atoms with Crippen molar-refractivity contribution in [3.05, 3.63) is 17.7 Å². The first-order valence-corrected chi connectivity index (χ1v) is 7.90. The summed E-state index contributed by atoms with van der Waals surface area (Å²) >= 11 is 3.48. The minimum absolute atomic E-state index is 0.127. The van der Waals surface area contributed by atoms with Crippen LogP contribution in [0, 0.1) is 0 Å². The van der Waals surface area contributed by atoms with Crippen molar-refractivity contribution < 1.29 is 19.0 Å². The molecule has 0 aromatic heterocycles. The Morgan fingerprint density at radius 2 is 1.76 bits per heavy atom. The van der Waals surface area contributed by atoms with Crippen LogP contribution in [0.4, 0.5) is 0 Å². The van der Waals surface area contributed by atoms with Gasteiger partial charge in [0.25, 0.3) is 5.91 Å². The number of halogens is 1. The molecule has 0 aliphatic heterocycles. The van der Waals surface area contributed by atoms with Crippen molar-refractivity contribution >= 4 is 21.8 Å². The number of carbonyl (C=O) groups is 1. The highest BCUT2D eigenvalue weighted by molar-refractivity contribution is 9.09. The lowest BCUT2D eigenvalue weighted by molar-refractivity contribution is 0.0855. The summed E-state index contributed by atoms with van der Waals surface area (Å²) in [7, 11) is 4.60. The summed E-state index contributed by atoms with van der Waals surface area (Å²) in [5.41, 5.74) is 0.369. The number of amides is 1. The second-order valence-corrected chi connectivity index (χ2v) is 5.70. The fourth-order valence-corrected chi connectivity index (χ4v) is 3.12. The predicted molar refractivity (Wildman–Crippen MR) is 83.9 cm³/mol. The summed E-state index contributed by atoms with van der Waals surface area (Å²) < 4.78 is 15.8. The van der Waals surface area contributed by atoms with E-state index in [0.29, 0.717) is 22.8 Å². The summed E-state index contributed by atoms with van der Waals surface area (Å²) in [5, 5.41) is 3.86. The molecular weight excluding hydrogens is 338 g/mol. The van der Waals surface area contributed by atoms with E-state index in [4.69, 9.17) is 14.2 Å². The van der Waals surface area contributed by atoms with Gasteiger partial charge in [-0.15, -0.1) is 0 Å². The number of ether oxygens (including phenoxy) is 3. The van der Waals surface area contributed by atoms with E-state index in [9.17, 15) is 4.79 Å². The molecule has 2 rings (SSSR count). The molecule has 0 bridgehead atoms. The third-order valence-corrected chi connectivity index (χ3v) is 4.95. The Kier molecular flexibility index (Phi) is 4.98. The third kappa shape index (κ3) is 3.10. The largest absolute Gasteiger partial charge is 0.493 e. The number of alkyl halides is 1. The smallest absolute Gasteiger partial charge is 0.252 e. The Labute approximate surface area is 133 Å². The molecule has 1 aliphatic rings. The highest BCUT2D eigenvalue weighted by Gasteiger charge is 2.37. The quantitative estimate of drug-likeness (QED) is 0.795. The second-order valence-electron chi connectivity index (χ2n) is 5.14.